The number of Topliss-reactive ketones (excluding diaryl/α,β-unsaturated/α-hetero) is 1. The van der Waals surface area contributed by atoms with Crippen molar-refractivity contribution in [2.45, 2.75) is 6.18 Å². The van der Waals surface area contributed by atoms with Gasteiger partial charge in [0.1, 0.15) is 0 Å². The highest BCUT2D eigenvalue weighted by Crippen LogP contribution is 2.34. The molecule has 0 saturated carbocycles. The topological polar surface area (TPSA) is 57.9 Å². The number of nitriles is 1. The second kappa shape index (κ2) is 5.31. The lowest BCUT2D eigenvalue weighted by atomic mass is 9.97. The van der Waals surface area contributed by atoms with Crippen LogP contribution in [0, 0.1) is 11.3 Å². The van der Waals surface area contributed by atoms with Gasteiger partial charge in [0.2, 0.25) is 0 Å². The van der Waals surface area contributed by atoms with Crippen molar-refractivity contribution < 1.29 is 22.8 Å². The quantitative estimate of drug-likeness (QED) is 0.489. The summed E-state index contributed by atoms with van der Waals surface area (Å²) in [6, 6.07) is 2.79. The van der Waals surface area contributed by atoms with Gasteiger partial charge in [-0.15, -0.1) is 0 Å². The number of hydrogen-bond acceptors (Lipinski definition) is 3. The first kappa shape index (κ1) is 14.4. The second-order valence-corrected chi connectivity index (χ2v) is 3.83. The van der Waals surface area contributed by atoms with E-state index < -0.39 is 28.6 Å². The first-order valence-corrected chi connectivity index (χ1v) is 5.67. The monoisotopic (exact) mass is 319 g/mol. The molecule has 1 aromatic rings. The van der Waals surface area contributed by atoms with Gasteiger partial charge in [0.05, 0.1) is 22.5 Å². The maximum Gasteiger partial charge on any atom is 0.417 e. The summed E-state index contributed by atoms with van der Waals surface area (Å²) < 4.78 is 38.2. The summed E-state index contributed by atoms with van der Waals surface area (Å²) in [7, 11) is 0. The number of aldehydes is 1. The minimum atomic E-state index is -4.76. The molecular formula is C11H5BrF3NO2. The van der Waals surface area contributed by atoms with Gasteiger partial charge in [0.25, 0.3) is 0 Å². The molecule has 18 heavy (non-hydrogen) atoms. The van der Waals surface area contributed by atoms with E-state index >= 15 is 0 Å². The number of alkyl halides is 4. The van der Waals surface area contributed by atoms with Crippen LogP contribution >= 0.6 is 15.9 Å². The van der Waals surface area contributed by atoms with E-state index in [2.05, 4.69) is 15.9 Å². The smallest absolute Gasteiger partial charge is 0.298 e. The molecule has 0 aliphatic carbocycles. The third kappa shape index (κ3) is 2.76. The van der Waals surface area contributed by atoms with Gasteiger partial charge in [0, 0.05) is 11.1 Å². The Bertz CT molecular complexity index is 546. The van der Waals surface area contributed by atoms with Crippen molar-refractivity contribution in [3.63, 3.8) is 0 Å². The fourth-order valence-corrected chi connectivity index (χ4v) is 1.65. The fourth-order valence-electron chi connectivity index (χ4n) is 1.35. The SMILES string of the molecule is N#Cc1cc(C(F)(F)F)c(C(=O)CBr)cc1C=O. The maximum atomic E-state index is 12.7. The van der Waals surface area contributed by atoms with E-state index in [0.717, 1.165) is 6.07 Å². The molecule has 0 unspecified atom stereocenters. The van der Waals surface area contributed by atoms with Crippen molar-refractivity contribution >= 4 is 28.0 Å². The summed E-state index contributed by atoms with van der Waals surface area (Å²) in [6.45, 7) is 0. The lowest BCUT2D eigenvalue weighted by Gasteiger charge is -2.12. The summed E-state index contributed by atoms with van der Waals surface area (Å²) in [4.78, 5) is 22.1. The minimum Gasteiger partial charge on any atom is -0.298 e. The van der Waals surface area contributed by atoms with Gasteiger partial charge in [0.15, 0.2) is 12.1 Å². The van der Waals surface area contributed by atoms with E-state index in [1.54, 1.807) is 0 Å². The Balaban J connectivity index is 3.63. The minimum absolute atomic E-state index is 0.240. The van der Waals surface area contributed by atoms with Crippen LogP contribution in [0.5, 0.6) is 0 Å². The summed E-state index contributed by atoms with van der Waals surface area (Å²) in [5.74, 6) is -0.810. The van der Waals surface area contributed by atoms with Gasteiger partial charge < -0.3 is 0 Å². The molecule has 0 N–H and O–H groups in total. The molecule has 1 aromatic carbocycles. The summed E-state index contributed by atoms with van der Waals surface area (Å²) in [5.41, 5.74) is -2.49. The molecule has 0 bridgehead atoms. The second-order valence-electron chi connectivity index (χ2n) is 3.27. The summed E-state index contributed by atoms with van der Waals surface area (Å²) >= 11 is 2.76. The predicted octanol–water partition coefficient (Wildman–Crippen LogP) is 2.97. The van der Waals surface area contributed by atoms with E-state index in [9.17, 15) is 22.8 Å². The standard InChI is InChI=1S/C11H5BrF3NO2/c12-3-10(18)8-1-7(5-17)6(4-16)2-9(8)11(13,14)15/h1-2,5H,3H2. The van der Waals surface area contributed by atoms with Gasteiger partial charge in [-0.2, -0.15) is 18.4 Å². The van der Waals surface area contributed by atoms with E-state index in [1.807, 2.05) is 0 Å². The Morgan fingerprint density at radius 2 is 2.06 bits per heavy atom. The Morgan fingerprint density at radius 1 is 1.44 bits per heavy atom. The Hall–Kier alpha value is -1.68. The maximum absolute atomic E-state index is 12.7. The van der Waals surface area contributed by atoms with Crippen molar-refractivity contribution in [3.05, 3.63) is 34.4 Å². The van der Waals surface area contributed by atoms with Crippen molar-refractivity contribution in [3.8, 4) is 6.07 Å². The molecule has 0 radical (unpaired) electrons. The Labute approximate surface area is 108 Å². The van der Waals surface area contributed by atoms with Crippen LogP contribution in [-0.4, -0.2) is 17.4 Å². The average Bonchev–Trinajstić information content (AvgIpc) is 2.34. The molecule has 0 aromatic heterocycles. The highest BCUT2D eigenvalue weighted by atomic mass is 79.9. The molecule has 0 atom stereocenters. The molecule has 0 fully saturated rings. The van der Waals surface area contributed by atoms with Crippen molar-refractivity contribution in [2.75, 3.05) is 5.33 Å². The van der Waals surface area contributed by atoms with Crippen LogP contribution in [0.1, 0.15) is 31.8 Å². The predicted molar refractivity (Wildman–Crippen MR) is 59.7 cm³/mol. The van der Waals surface area contributed by atoms with E-state index in [0.29, 0.717) is 6.07 Å². The highest BCUT2D eigenvalue weighted by Gasteiger charge is 2.36. The number of hydrogen-bond donors (Lipinski definition) is 0. The highest BCUT2D eigenvalue weighted by molar-refractivity contribution is 9.09. The number of benzene rings is 1. The van der Waals surface area contributed by atoms with E-state index in [-0.39, 0.29) is 17.2 Å². The molecule has 0 saturated heterocycles. The van der Waals surface area contributed by atoms with Crippen LogP contribution in [0.4, 0.5) is 13.2 Å². The van der Waals surface area contributed by atoms with Gasteiger partial charge >= 0.3 is 6.18 Å². The summed E-state index contributed by atoms with van der Waals surface area (Å²) in [5, 5.41) is 8.35. The molecule has 94 valence electrons. The van der Waals surface area contributed by atoms with E-state index in [4.69, 9.17) is 5.26 Å². The molecule has 0 spiro atoms. The molecule has 1 rings (SSSR count). The third-order valence-corrected chi connectivity index (χ3v) is 2.67. The van der Waals surface area contributed by atoms with Crippen LogP contribution < -0.4 is 0 Å². The number of carbonyl (C=O) groups is 2. The van der Waals surface area contributed by atoms with Crippen molar-refractivity contribution in [1.82, 2.24) is 0 Å². The van der Waals surface area contributed by atoms with Gasteiger partial charge in [-0.3, -0.25) is 9.59 Å². The van der Waals surface area contributed by atoms with E-state index in [1.165, 1.54) is 6.07 Å². The molecule has 3 nitrogen and oxygen atoms in total. The first-order valence-electron chi connectivity index (χ1n) is 4.54. The zero-order valence-electron chi connectivity index (χ0n) is 8.71. The molecule has 7 heteroatoms. The zero-order valence-corrected chi connectivity index (χ0v) is 10.3. The van der Waals surface area contributed by atoms with Crippen LogP contribution in [0.15, 0.2) is 12.1 Å². The number of ketones is 1. The molecule has 0 amide bonds. The lowest BCUT2D eigenvalue weighted by Crippen LogP contribution is -2.15. The number of nitrogens with zero attached hydrogens (tertiary/aromatic N) is 1. The van der Waals surface area contributed by atoms with Gasteiger partial charge in [-0.25, -0.2) is 0 Å². The van der Waals surface area contributed by atoms with Crippen LogP contribution in [0.25, 0.3) is 0 Å². The number of halogens is 4. The largest absolute Gasteiger partial charge is 0.417 e. The van der Waals surface area contributed by atoms with Crippen molar-refractivity contribution in [1.29, 1.82) is 5.26 Å². The van der Waals surface area contributed by atoms with Crippen LogP contribution in [0.2, 0.25) is 0 Å². The fraction of sp³-hybridized carbons (Fsp3) is 0.182. The number of rotatable bonds is 3. The van der Waals surface area contributed by atoms with Gasteiger partial charge in [-0.1, -0.05) is 15.9 Å². The molecular weight excluding hydrogens is 315 g/mol. The zero-order chi connectivity index (χ0) is 13.9. The molecule has 0 aliphatic heterocycles. The Kier molecular flexibility index (Phi) is 4.24. The summed E-state index contributed by atoms with van der Waals surface area (Å²) in [6.07, 6.45) is -4.52. The first-order chi connectivity index (χ1) is 8.35. The average molecular weight is 320 g/mol. The van der Waals surface area contributed by atoms with Crippen molar-refractivity contribution in [2.24, 2.45) is 0 Å². The van der Waals surface area contributed by atoms with Gasteiger partial charge in [-0.05, 0) is 12.1 Å². The third-order valence-electron chi connectivity index (χ3n) is 2.16. The number of carbonyl (C=O) groups excluding carboxylic acids is 2. The van der Waals surface area contributed by atoms with Crippen LogP contribution in [-0.2, 0) is 6.18 Å². The lowest BCUT2D eigenvalue weighted by molar-refractivity contribution is -0.137. The molecule has 0 heterocycles. The van der Waals surface area contributed by atoms with Crippen LogP contribution in [0.3, 0.4) is 0 Å². The normalized spacial score (nSPS) is 10.8. The molecule has 0 aliphatic rings. The Morgan fingerprint density at radius 3 is 2.44 bits per heavy atom.